The Labute approximate surface area is 158 Å². The first kappa shape index (κ1) is 21.9. The lowest BCUT2D eigenvalue weighted by atomic mass is 10.3. The molecule has 1 unspecified atom stereocenters. The largest absolute Gasteiger partial charge is 0.357 e. The fourth-order valence-electron chi connectivity index (χ4n) is 1.63. The molecule has 0 radical (unpaired) electrons. The molecule has 1 heterocycles. The van der Waals surface area contributed by atoms with Crippen molar-refractivity contribution in [1.82, 2.24) is 10.6 Å². The monoisotopic (exact) mass is 457 g/mol. The topological polar surface area (TPSA) is 53.5 Å². The zero-order valence-electron chi connectivity index (χ0n) is 14.1. The number of thiophene rings is 1. The second kappa shape index (κ2) is 10.6. The van der Waals surface area contributed by atoms with Crippen LogP contribution in [0, 0.1) is 6.92 Å². The Morgan fingerprint density at radius 2 is 2.05 bits per heavy atom. The molecule has 128 valence electrons. The maximum Gasteiger partial charge on any atom is 0.191 e. The van der Waals surface area contributed by atoms with Crippen molar-refractivity contribution in [1.29, 1.82) is 0 Å². The molecule has 4 nitrogen and oxygen atoms in total. The van der Waals surface area contributed by atoms with Gasteiger partial charge in [0.25, 0.3) is 0 Å². The van der Waals surface area contributed by atoms with Crippen molar-refractivity contribution < 1.29 is 4.21 Å². The van der Waals surface area contributed by atoms with Crippen LogP contribution in [0.5, 0.6) is 0 Å². The van der Waals surface area contributed by atoms with Crippen LogP contribution in [-0.2, 0) is 17.3 Å². The minimum Gasteiger partial charge on any atom is -0.357 e. The first-order chi connectivity index (χ1) is 9.84. The zero-order valence-corrected chi connectivity index (χ0v) is 18.0. The lowest BCUT2D eigenvalue weighted by molar-refractivity contribution is 0.647. The van der Waals surface area contributed by atoms with Crippen LogP contribution in [0.1, 0.15) is 38.1 Å². The summed E-state index contributed by atoms with van der Waals surface area (Å²) >= 11 is 1.73. The van der Waals surface area contributed by atoms with Gasteiger partial charge >= 0.3 is 0 Å². The highest BCUT2D eigenvalue weighted by molar-refractivity contribution is 14.0. The zero-order chi connectivity index (χ0) is 15.9. The summed E-state index contributed by atoms with van der Waals surface area (Å²) in [5.74, 6) is 1.42. The third-order valence-electron chi connectivity index (χ3n) is 2.96. The fraction of sp³-hybridized carbons (Fsp3) is 0.667. The van der Waals surface area contributed by atoms with Crippen molar-refractivity contribution >= 4 is 52.1 Å². The van der Waals surface area contributed by atoms with Crippen LogP contribution in [0.4, 0.5) is 0 Å². The quantitative estimate of drug-likeness (QED) is 0.392. The van der Waals surface area contributed by atoms with Gasteiger partial charge in [0.2, 0.25) is 0 Å². The van der Waals surface area contributed by atoms with Crippen molar-refractivity contribution in [2.24, 2.45) is 4.99 Å². The molecule has 0 saturated heterocycles. The SMILES string of the molecule is CCNC(=NCc1sccc1C)NCCS(=O)C(C)(C)C.I. The standard InChI is InChI=1S/C15H27N3OS2.HI/c1-6-16-14(17-8-10-21(19)15(3,4)5)18-11-13-12(2)7-9-20-13;/h7,9H,6,8,10-11H2,1-5H3,(H2,16,17,18);1H. The molecule has 7 heteroatoms. The number of nitrogens with one attached hydrogen (secondary N) is 2. The Hall–Kier alpha value is -0.150. The summed E-state index contributed by atoms with van der Waals surface area (Å²) < 4.78 is 11.8. The third-order valence-corrected chi connectivity index (χ3v) is 5.90. The van der Waals surface area contributed by atoms with E-state index in [1.807, 2.05) is 27.7 Å². The minimum absolute atomic E-state index is 0. The Balaban J connectivity index is 0.00000441. The van der Waals surface area contributed by atoms with Gasteiger partial charge in [-0.25, -0.2) is 4.99 Å². The van der Waals surface area contributed by atoms with Crippen LogP contribution in [0.25, 0.3) is 0 Å². The van der Waals surface area contributed by atoms with Gasteiger partial charge in [0, 0.05) is 39.3 Å². The molecule has 1 aromatic rings. The molecular weight excluding hydrogens is 429 g/mol. The van der Waals surface area contributed by atoms with E-state index < -0.39 is 10.8 Å². The van der Waals surface area contributed by atoms with Gasteiger partial charge < -0.3 is 10.6 Å². The average Bonchev–Trinajstić information content (AvgIpc) is 2.80. The van der Waals surface area contributed by atoms with Gasteiger partial charge in [-0.15, -0.1) is 35.3 Å². The van der Waals surface area contributed by atoms with Crippen LogP contribution in [0.15, 0.2) is 16.4 Å². The second-order valence-corrected chi connectivity index (χ2v) is 9.14. The molecule has 0 aliphatic carbocycles. The van der Waals surface area contributed by atoms with Gasteiger partial charge in [-0.05, 0) is 51.6 Å². The van der Waals surface area contributed by atoms with E-state index in [2.05, 4.69) is 34.0 Å². The van der Waals surface area contributed by atoms with E-state index in [-0.39, 0.29) is 28.7 Å². The number of rotatable bonds is 6. The fourth-order valence-corrected chi connectivity index (χ4v) is 3.36. The highest BCUT2D eigenvalue weighted by atomic mass is 127. The highest BCUT2D eigenvalue weighted by Gasteiger charge is 2.18. The second-order valence-electron chi connectivity index (χ2n) is 5.81. The summed E-state index contributed by atoms with van der Waals surface area (Å²) in [6, 6.07) is 2.11. The molecular formula is C15H28IN3OS2. The van der Waals surface area contributed by atoms with Gasteiger partial charge in [-0.1, -0.05) is 0 Å². The van der Waals surface area contributed by atoms with Crippen molar-refractivity contribution in [3.05, 3.63) is 21.9 Å². The van der Waals surface area contributed by atoms with Crippen molar-refractivity contribution in [2.45, 2.75) is 45.9 Å². The number of halogens is 1. The summed E-state index contributed by atoms with van der Waals surface area (Å²) in [4.78, 5) is 5.86. The number of aliphatic imine (C=N–C) groups is 1. The lowest BCUT2D eigenvalue weighted by Crippen LogP contribution is -2.40. The summed E-state index contributed by atoms with van der Waals surface area (Å²) in [6.07, 6.45) is 0. The van der Waals surface area contributed by atoms with E-state index in [0.29, 0.717) is 18.8 Å². The van der Waals surface area contributed by atoms with Crippen LogP contribution in [-0.4, -0.2) is 33.8 Å². The van der Waals surface area contributed by atoms with Crippen LogP contribution in [0.2, 0.25) is 0 Å². The van der Waals surface area contributed by atoms with Crippen molar-refractivity contribution in [2.75, 3.05) is 18.8 Å². The van der Waals surface area contributed by atoms with Crippen LogP contribution < -0.4 is 10.6 Å². The summed E-state index contributed by atoms with van der Waals surface area (Å²) in [5.41, 5.74) is 1.29. The predicted molar refractivity (Wildman–Crippen MR) is 110 cm³/mol. The number of hydrogen-bond donors (Lipinski definition) is 2. The molecule has 22 heavy (non-hydrogen) atoms. The number of nitrogens with zero attached hydrogens (tertiary/aromatic N) is 1. The van der Waals surface area contributed by atoms with E-state index >= 15 is 0 Å². The molecule has 0 aliphatic heterocycles. The molecule has 1 aromatic heterocycles. The van der Waals surface area contributed by atoms with Gasteiger partial charge in [-0.2, -0.15) is 0 Å². The Morgan fingerprint density at radius 1 is 1.36 bits per heavy atom. The normalized spacial score (nSPS) is 13.4. The molecule has 0 amide bonds. The summed E-state index contributed by atoms with van der Waals surface area (Å²) in [5, 5.41) is 8.57. The first-order valence-electron chi connectivity index (χ1n) is 7.28. The molecule has 0 saturated carbocycles. The molecule has 0 aromatic carbocycles. The Bertz CT molecular complexity index is 495. The predicted octanol–water partition coefficient (Wildman–Crippen LogP) is 3.28. The molecule has 0 spiro atoms. The molecule has 0 bridgehead atoms. The number of guanidine groups is 1. The smallest absolute Gasteiger partial charge is 0.191 e. The molecule has 0 fully saturated rings. The van der Waals surface area contributed by atoms with E-state index in [0.717, 1.165) is 12.5 Å². The van der Waals surface area contributed by atoms with Crippen molar-refractivity contribution in [3.8, 4) is 0 Å². The number of aryl methyl sites for hydroxylation is 1. The molecule has 1 rings (SSSR count). The maximum atomic E-state index is 12.0. The average molecular weight is 457 g/mol. The Kier molecular flexibility index (Phi) is 10.5. The van der Waals surface area contributed by atoms with E-state index in [1.165, 1.54) is 10.4 Å². The van der Waals surface area contributed by atoms with E-state index in [9.17, 15) is 4.21 Å². The van der Waals surface area contributed by atoms with Gasteiger partial charge in [0.05, 0.1) is 6.54 Å². The first-order valence-corrected chi connectivity index (χ1v) is 9.48. The van der Waals surface area contributed by atoms with Crippen LogP contribution >= 0.6 is 35.3 Å². The number of hydrogen-bond acceptors (Lipinski definition) is 3. The molecule has 0 aliphatic rings. The Morgan fingerprint density at radius 3 is 2.55 bits per heavy atom. The van der Waals surface area contributed by atoms with Gasteiger partial charge in [-0.3, -0.25) is 4.21 Å². The maximum absolute atomic E-state index is 12.0. The van der Waals surface area contributed by atoms with Gasteiger partial charge in [0.15, 0.2) is 5.96 Å². The minimum atomic E-state index is -0.838. The summed E-state index contributed by atoms with van der Waals surface area (Å²) in [7, 11) is -0.838. The molecule has 1 atom stereocenters. The van der Waals surface area contributed by atoms with E-state index in [1.54, 1.807) is 11.3 Å². The third kappa shape index (κ3) is 7.92. The van der Waals surface area contributed by atoms with E-state index in [4.69, 9.17) is 0 Å². The van der Waals surface area contributed by atoms with Gasteiger partial charge in [0.1, 0.15) is 0 Å². The van der Waals surface area contributed by atoms with Crippen molar-refractivity contribution in [3.63, 3.8) is 0 Å². The lowest BCUT2D eigenvalue weighted by Gasteiger charge is -2.18. The van der Waals surface area contributed by atoms with Crippen LogP contribution in [0.3, 0.4) is 0 Å². The highest BCUT2D eigenvalue weighted by Crippen LogP contribution is 2.16. The summed E-state index contributed by atoms with van der Waals surface area (Å²) in [6.45, 7) is 12.3. The molecule has 2 N–H and O–H groups in total.